The van der Waals surface area contributed by atoms with Crippen molar-refractivity contribution in [3.63, 3.8) is 0 Å². The zero-order valence-electron chi connectivity index (χ0n) is 4.26. The van der Waals surface area contributed by atoms with E-state index in [1.807, 2.05) is 0 Å². The number of hydrogen-bond donors (Lipinski definition) is 3. The topological polar surface area (TPSA) is 112 Å². The minimum absolute atomic E-state index is 0. The number of rotatable bonds is 0. The molecule has 62 valence electrons. The number of hydrogen-bond acceptors (Lipinski definition) is 3. The van der Waals surface area contributed by atoms with Crippen LogP contribution in [-0.2, 0) is 30.8 Å². The quantitative estimate of drug-likeness (QED) is 0.426. The molecule has 0 radical (unpaired) electrons. The summed E-state index contributed by atoms with van der Waals surface area (Å²) in [5.74, 6) is 0. The standard InChI is InChI=1S/Fe.3HO2P/c;3*1-3-2/h;3*(H,1,2). The SMILES string of the molecule is O=PO.O=PO.O=PO.[Fe]. The summed E-state index contributed by atoms with van der Waals surface area (Å²) >= 11 is 0. The molecule has 0 rings (SSSR count). The fourth-order valence-corrected chi connectivity index (χ4v) is 0. The summed E-state index contributed by atoms with van der Waals surface area (Å²) in [5, 5.41) is 0. The molecule has 0 aliphatic rings. The van der Waals surface area contributed by atoms with Gasteiger partial charge in [0, 0.05) is 17.1 Å². The first kappa shape index (κ1) is 22.4. The van der Waals surface area contributed by atoms with Crippen LogP contribution in [0.3, 0.4) is 0 Å². The second kappa shape index (κ2) is 53.6. The van der Waals surface area contributed by atoms with Gasteiger partial charge in [-0.3, -0.25) is 0 Å². The molecule has 10 heavy (non-hydrogen) atoms. The molecule has 0 aliphatic carbocycles. The van der Waals surface area contributed by atoms with Gasteiger partial charge in [-0.15, -0.1) is 0 Å². The maximum Gasteiger partial charge on any atom is 0.324 e. The average Bonchev–Trinajstić information content (AvgIpc) is 1.70. The van der Waals surface area contributed by atoms with E-state index in [0.717, 1.165) is 0 Å². The molecule has 0 saturated heterocycles. The first-order chi connectivity index (χ1) is 4.24. The van der Waals surface area contributed by atoms with Crippen LogP contribution >= 0.6 is 26.1 Å². The zero-order valence-corrected chi connectivity index (χ0v) is 8.05. The molecule has 0 unspecified atom stereocenters. The Balaban J connectivity index is -0.0000000257. The predicted octanol–water partition coefficient (Wildman–Crippen LogP) is 0.554. The molecule has 0 spiro atoms. The first-order valence-corrected chi connectivity index (χ1v) is 3.44. The Labute approximate surface area is 72.0 Å². The minimum Gasteiger partial charge on any atom is -0.310 e. The van der Waals surface area contributed by atoms with Crippen molar-refractivity contribution >= 4 is 26.1 Å². The van der Waals surface area contributed by atoms with Crippen LogP contribution in [0, 0.1) is 0 Å². The summed E-state index contributed by atoms with van der Waals surface area (Å²) in [6.07, 6.45) is 0. The molecule has 0 atom stereocenters. The second-order valence-corrected chi connectivity index (χ2v) is 0.735. The molecule has 0 heterocycles. The van der Waals surface area contributed by atoms with Crippen LogP contribution in [0.1, 0.15) is 0 Å². The Morgan fingerprint density at radius 2 is 0.700 bits per heavy atom. The Kier molecular flexibility index (Phi) is 120. The molecular formula is H3FeO6P3. The summed E-state index contributed by atoms with van der Waals surface area (Å²) in [4.78, 5) is 21.0. The van der Waals surface area contributed by atoms with Crippen LogP contribution in [0.2, 0.25) is 0 Å². The third-order valence-electron chi connectivity index (χ3n) is 0. The van der Waals surface area contributed by atoms with Crippen molar-refractivity contribution in [1.29, 1.82) is 0 Å². The van der Waals surface area contributed by atoms with E-state index in [2.05, 4.69) is 0 Å². The van der Waals surface area contributed by atoms with Gasteiger partial charge in [0.05, 0.1) is 0 Å². The fourth-order valence-electron chi connectivity index (χ4n) is 0. The average molecular weight is 248 g/mol. The van der Waals surface area contributed by atoms with Crippen LogP contribution in [0.15, 0.2) is 0 Å². The first-order valence-electron chi connectivity index (χ1n) is 1.15. The van der Waals surface area contributed by atoms with Gasteiger partial charge in [0.15, 0.2) is 0 Å². The van der Waals surface area contributed by atoms with Crippen molar-refractivity contribution in [3.8, 4) is 0 Å². The normalized spacial score (nSPS) is 6.30. The van der Waals surface area contributed by atoms with Gasteiger partial charge in [-0.25, -0.2) is 13.7 Å². The Bertz CT molecular complexity index is 49.7. The summed E-state index contributed by atoms with van der Waals surface area (Å²) in [5.41, 5.74) is 0. The Hall–Kier alpha value is 0.699. The van der Waals surface area contributed by atoms with Crippen LogP contribution in [0.25, 0.3) is 0 Å². The molecule has 0 aromatic carbocycles. The smallest absolute Gasteiger partial charge is 0.310 e. The molecule has 3 N–H and O–H groups in total. The second-order valence-electron chi connectivity index (χ2n) is 0.245. The summed E-state index contributed by atoms with van der Waals surface area (Å²) < 4.78 is 25.4. The van der Waals surface area contributed by atoms with Crippen LogP contribution in [0.5, 0.6) is 0 Å². The fraction of sp³-hybridized carbons (Fsp3) is 0. The van der Waals surface area contributed by atoms with E-state index in [4.69, 9.17) is 28.4 Å². The van der Waals surface area contributed by atoms with Gasteiger partial charge in [0.2, 0.25) is 0 Å². The van der Waals surface area contributed by atoms with E-state index < -0.39 is 26.1 Å². The van der Waals surface area contributed by atoms with Gasteiger partial charge in [0.1, 0.15) is 0 Å². The van der Waals surface area contributed by atoms with Crippen LogP contribution in [0.4, 0.5) is 0 Å². The summed E-state index contributed by atoms with van der Waals surface area (Å²) in [6, 6.07) is 0. The van der Waals surface area contributed by atoms with Crippen molar-refractivity contribution in [1.82, 2.24) is 0 Å². The molecular weight excluding hydrogens is 245 g/mol. The van der Waals surface area contributed by atoms with Gasteiger partial charge < -0.3 is 14.7 Å². The van der Waals surface area contributed by atoms with Gasteiger partial charge in [-0.1, -0.05) is 0 Å². The molecule has 0 aromatic heterocycles. The summed E-state index contributed by atoms with van der Waals surface area (Å²) in [7, 11) is -2.50. The molecule has 0 saturated carbocycles. The van der Waals surface area contributed by atoms with E-state index in [1.165, 1.54) is 0 Å². The van der Waals surface area contributed by atoms with Crippen molar-refractivity contribution in [2.75, 3.05) is 0 Å². The van der Waals surface area contributed by atoms with Crippen molar-refractivity contribution in [2.45, 2.75) is 0 Å². The van der Waals surface area contributed by atoms with Crippen molar-refractivity contribution < 1.29 is 45.4 Å². The maximum atomic E-state index is 8.46. The molecule has 0 aliphatic heterocycles. The predicted molar refractivity (Wildman–Crippen MR) is 29.5 cm³/mol. The zero-order chi connectivity index (χ0) is 8.12. The molecule has 0 aromatic rings. The Morgan fingerprint density at radius 1 is 0.700 bits per heavy atom. The van der Waals surface area contributed by atoms with E-state index in [1.54, 1.807) is 0 Å². The van der Waals surface area contributed by atoms with Gasteiger partial charge >= 0.3 is 26.1 Å². The minimum atomic E-state index is -0.833. The van der Waals surface area contributed by atoms with Crippen LogP contribution in [-0.4, -0.2) is 14.7 Å². The molecule has 0 fully saturated rings. The molecule has 0 amide bonds. The van der Waals surface area contributed by atoms with Crippen molar-refractivity contribution in [3.05, 3.63) is 0 Å². The third-order valence-corrected chi connectivity index (χ3v) is 0. The van der Waals surface area contributed by atoms with Crippen molar-refractivity contribution in [2.24, 2.45) is 0 Å². The van der Waals surface area contributed by atoms with E-state index in [0.29, 0.717) is 0 Å². The maximum absolute atomic E-state index is 8.46. The molecule has 6 nitrogen and oxygen atoms in total. The molecule has 0 bridgehead atoms. The van der Waals surface area contributed by atoms with E-state index >= 15 is 0 Å². The van der Waals surface area contributed by atoms with E-state index in [-0.39, 0.29) is 17.1 Å². The van der Waals surface area contributed by atoms with Gasteiger partial charge in [0.25, 0.3) is 0 Å². The monoisotopic (exact) mass is 248 g/mol. The third kappa shape index (κ3) is 1050. The van der Waals surface area contributed by atoms with Crippen LogP contribution < -0.4 is 0 Å². The van der Waals surface area contributed by atoms with Gasteiger partial charge in [-0.2, -0.15) is 0 Å². The van der Waals surface area contributed by atoms with E-state index in [9.17, 15) is 0 Å². The molecule has 10 heteroatoms. The van der Waals surface area contributed by atoms with Gasteiger partial charge in [-0.05, 0) is 0 Å². The summed E-state index contributed by atoms with van der Waals surface area (Å²) in [6.45, 7) is 0. The largest absolute Gasteiger partial charge is 0.324 e. The Morgan fingerprint density at radius 3 is 0.700 bits per heavy atom.